The van der Waals surface area contributed by atoms with Gasteiger partial charge in [-0.15, -0.1) is 0 Å². The topological polar surface area (TPSA) is 100 Å². The van der Waals surface area contributed by atoms with E-state index in [1.54, 1.807) is 37.3 Å². The normalized spacial score (nSPS) is 14.0. The average molecular weight is 497 g/mol. The van der Waals surface area contributed by atoms with Gasteiger partial charge in [0.25, 0.3) is 5.69 Å². The Morgan fingerprint density at radius 3 is 2.60 bits per heavy atom. The highest BCUT2D eigenvalue weighted by molar-refractivity contribution is 6.32. The van der Waals surface area contributed by atoms with Crippen LogP contribution in [0.2, 0.25) is 5.02 Å². The van der Waals surface area contributed by atoms with Crippen molar-refractivity contribution in [2.75, 3.05) is 6.61 Å². The lowest BCUT2D eigenvalue weighted by Gasteiger charge is -2.14. The Labute approximate surface area is 204 Å². The van der Waals surface area contributed by atoms with Crippen molar-refractivity contribution in [2.45, 2.75) is 13.5 Å². The van der Waals surface area contributed by atoms with E-state index >= 15 is 0 Å². The molecule has 0 N–H and O–H groups in total. The molecule has 0 aliphatic carbocycles. The second-order valence-corrected chi connectivity index (χ2v) is 7.73. The second kappa shape index (κ2) is 10.4. The SMILES string of the molecule is CCOc1cc(/C=C2\N=C(c3cccc(F)c3)OC2=O)cc(Cl)c1OCc1ccc([N+](=O)[O-])cc1. The molecule has 0 aromatic heterocycles. The van der Waals surface area contributed by atoms with E-state index in [0.29, 0.717) is 29.0 Å². The number of carbonyl (C=O) groups excluding carboxylic acids is 1. The molecule has 4 rings (SSSR count). The van der Waals surface area contributed by atoms with Crippen LogP contribution in [0, 0.1) is 15.9 Å². The lowest BCUT2D eigenvalue weighted by Crippen LogP contribution is -2.05. The number of nitro benzene ring substituents is 1. The van der Waals surface area contributed by atoms with Gasteiger partial charge in [-0.25, -0.2) is 14.2 Å². The molecule has 0 saturated heterocycles. The van der Waals surface area contributed by atoms with Gasteiger partial charge in [0.05, 0.1) is 16.6 Å². The maximum atomic E-state index is 13.5. The Bertz CT molecular complexity index is 1350. The number of halogens is 2. The van der Waals surface area contributed by atoms with Gasteiger partial charge in [-0.3, -0.25) is 10.1 Å². The minimum atomic E-state index is -0.683. The first-order valence-electron chi connectivity index (χ1n) is 10.4. The molecule has 0 radical (unpaired) electrons. The number of nitrogens with zero attached hydrogens (tertiary/aromatic N) is 2. The lowest BCUT2D eigenvalue weighted by atomic mass is 10.1. The molecule has 0 saturated carbocycles. The fourth-order valence-corrected chi connectivity index (χ4v) is 3.53. The van der Waals surface area contributed by atoms with Crippen molar-refractivity contribution in [3.63, 3.8) is 0 Å². The summed E-state index contributed by atoms with van der Waals surface area (Å²) >= 11 is 6.45. The molecule has 0 spiro atoms. The smallest absolute Gasteiger partial charge is 0.363 e. The van der Waals surface area contributed by atoms with Gasteiger partial charge in [-0.2, -0.15) is 0 Å². The standard InChI is InChI=1S/C25H18ClFN2O6/c1-2-33-22-12-16(11-21-25(30)35-24(28-21)17-4-3-5-18(27)13-17)10-20(26)23(22)34-14-15-6-8-19(9-7-15)29(31)32/h3-13H,2,14H2,1H3/b21-11-. The first-order valence-corrected chi connectivity index (χ1v) is 10.8. The van der Waals surface area contributed by atoms with Crippen LogP contribution in [-0.2, 0) is 16.1 Å². The van der Waals surface area contributed by atoms with Crippen molar-refractivity contribution < 1.29 is 28.3 Å². The van der Waals surface area contributed by atoms with E-state index in [1.165, 1.54) is 36.4 Å². The van der Waals surface area contributed by atoms with Gasteiger partial charge in [-0.1, -0.05) is 17.7 Å². The van der Waals surface area contributed by atoms with Gasteiger partial charge in [-0.05, 0) is 66.6 Å². The van der Waals surface area contributed by atoms with Gasteiger partial charge >= 0.3 is 5.97 Å². The number of ether oxygens (including phenoxy) is 3. The van der Waals surface area contributed by atoms with Crippen molar-refractivity contribution in [3.8, 4) is 11.5 Å². The van der Waals surface area contributed by atoms with Crippen LogP contribution < -0.4 is 9.47 Å². The number of cyclic esters (lactones) is 1. The maximum Gasteiger partial charge on any atom is 0.363 e. The molecule has 1 aliphatic rings. The number of carbonyl (C=O) groups is 1. The van der Waals surface area contributed by atoms with E-state index in [9.17, 15) is 19.3 Å². The fraction of sp³-hybridized carbons (Fsp3) is 0.120. The van der Waals surface area contributed by atoms with Crippen LogP contribution in [0.5, 0.6) is 11.5 Å². The minimum absolute atomic E-state index is 0.0000649. The zero-order valence-corrected chi connectivity index (χ0v) is 19.1. The molecule has 8 nitrogen and oxygen atoms in total. The summed E-state index contributed by atoms with van der Waals surface area (Å²) in [6, 6.07) is 14.7. The van der Waals surface area contributed by atoms with E-state index in [0.717, 1.165) is 0 Å². The predicted octanol–water partition coefficient (Wildman–Crippen LogP) is 5.71. The molecular formula is C25H18ClFN2O6. The molecule has 1 aliphatic heterocycles. The van der Waals surface area contributed by atoms with E-state index < -0.39 is 16.7 Å². The number of non-ortho nitro benzene ring substituents is 1. The van der Waals surface area contributed by atoms with Crippen LogP contribution in [0.4, 0.5) is 10.1 Å². The number of hydrogen-bond acceptors (Lipinski definition) is 7. The summed E-state index contributed by atoms with van der Waals surface area (Å²) in [5, 5.41) is 11.0. The molecule has 0 unspecified atom stereocenters. The number of aliphatic imine (C=N–C) groups is 1. The van der Waals surface area contributed by atoms with Gasteiger partial charge in [0, 0.05) is 17.7 Å². The molecule has 35 heavy (non-hydrogen) atoms. The number of rotatable bonds is 8. The van der Waals surface area contributed by atoms with Gasteiger partial charge in [0.1, 0.15) is 12.4 Å². The lowest BCUT2D eigenvalue weighted by molar-refractivity contribution is -0.384. The largest absolute Gasteiger partial charge is 0.490 e. The Hall–Kier alpha value is -4.24. The molecule has 0 atom stereocenters. The van der Waals surface area contributed by atoms with Crippen LogP contribution in [0.3, 0.4) is 0 Å². The van der Waals surface area contributed by atoms with Crippen molar-refractivity contribution in [3.05, 3.63) is 104 Å². The summed E-state index contributed by atoms with van der Waals surface area (Å²) in [7, 11) is 0. The van der Waals surface area contributed by atoms with E-state index in [2.05, 4.69) is 4.99 Å². The minimum Gasteiger partial charge on any atom is -0.490 e. The summed E-state index contributed by atoms with van der Waals surface area (Å²) in [6.45, 7) is 2.23. The highest BCUT2D eigenvalue weighted by Crippen LogP contribution is 2.38. The van der Waals surface area contributed by atoms with Gasteiger partial charge < -0.3 is 14.2 Å². The molecule has 178 valence electrons. The summed E-state index contributed by atoms with van der Waals surface area (Å²) < 4.78 is 30.2. The Kier molecular flexibility index (Phi) is 7.07. The van der Waals surface area contributed by atoms with E-state index in [1.807, 2.05) is 0 Å². The van der Waals surface area contributed by atoms with Crippen molar-refractivity contribution in [1.82, 2.24) is 0 Å². The monoisotopic (exact) mass is 496 g/mol. The number of hydrogen-bond donors (Lipinski definition) is 0. The van der Waals surface area contributed by atoms with E-state index in [-0.39, 0.29) is 34.7 Å². The summed E-state index contributed by atoms with van der Waals surface area (Å²) in [5.74, 6) is -0.533. The predicted molar refractivity (Wildman–Crippen MR) is 127 cm³/mol. The number of nitro groups is 1. The Morgan fingerprint density at radius 1 is 1.14 bits per heavy atom. The first-order chi connectivity index (χ1) is 16.8. The summed E-state index contributed by atoms with van der Waals surface area (Å²) in [6.07, 6.45) is 1.48. The highest BCUT2D eigenvalue weighted by Gasteiger charge is 2.25. The Morgan fingerprint density at radius 2 is 1.91 bits per heavy atom. The molecule has 0 fully saturated rings. The van der Waals surface area contributed by atoms with Crippen LogP contribution in [-0.4, -0.2) is 23.4 Å². The van der Waals surface area contributed by atoms with Crippen LogP contribution in [0.25, 0.3) is 6.08 Å². The fourth-order valence-electron chi connectivity index (χ4n) is 3.26. The average Bonchev–Trinajstić information content (AvgIpc) is 3.19. The summed E-state index contributed by atoms with van der Waals surface area (Å²) in [4.78, 5) is 26.8. The van der Waals surface area contributed by atoms with Crippen molar-refractivity contribution >= 4 is 35.2 Å². The third-order valence-corrected chi connectivity index (χ3v) is 5.14. The zero-order chi connectivity index (χ0) is 24.9. The first kappa shape index (κ1) is 23.9. The third kappa shape index (κ3) is 5.64. The summed E-state index contributed by atoms with van der Waals surface area (Å²) in [5.41, 5.74) is 1.55. The van der Waals surface area contributed by atoms with Crippen molar-refractivity contribution in [2.24, 2.45) is 4.99 Å². The highest BCUT2D eigenvalue weighted by atomic mass is 35.5. The van der Waals surface area contributed by atoms with Gasteiger partial charge in [0.15, 0.2) is 17.2 Å². The zero-order valence-electron chi connectivity index (χ0n) is 18.4. The third-order valence-electron chi connectivity index (χ3n) is 4.86. The van der Waals surface area contributed by atoms with E-state index in [4.69, 9.17) is 25.8 Å². The van der Waals surface area contributed by atoms with Crippen LogP contribution in [0.15, 0.2) is 71.4 Å². The molecule has 0 bridgehead atoms. The molecule has 1 heterocycles. The number of esters is 1. The second-order valence-electron chi connectivity index (χ2n) is 7.32. The maximum absolute atomic E-state index is 13.5. The van der Waals surface area contributed by atoms with Gasteiger partial charge in [0.2, 0.25) is 5.90 Å². The Balaban J connectivity index is 1.58. The van der Waals surface area contributed by atoms with Crippen LogP contribution in [0.1, 0.15) is 23.6 Å². The number of benzene rings is 3. The molecule has 10 heteroatoms. The quantitative estimate of drug-likeness (QED) is 0.171. The molecule has 3 aromatic carbocycles. The molecule has 0 amide bonds. The molecular weight excluding hydrogens is 479 g/mol. The molecule has 3 aromatic rings. The van der Waals surface area contributed by atoms with Crippen LogP contribution >= 0.6 is 11.6 Å². The van der Waals surface area contributed by atoms with Crippen molar-refractivity contribution in [1.29, 1.82) is 0 Å².